The molecule has 0 saturated heterocycles. The molecule has 3 aromatic carbocycles. The quantitative estimate of drug-likeness (QED) is 0.214. The first-order valence-corrected chi connectivity index (χ1v) is 12.3. The fraction of sp³-hybridized carbons (Fsp3) is 0.280. The lowest BCUT2D eigenvalue weighted by Crippen LogP contribution is -2.26. The van der Waals surface area contributed by atoms with Crippen LogP contribution in [0.3, 0.4) is 0 Å². The van der Waals surface area contributed by atoms with Crippen molar-refractivity contribution in [2.24, 2.45) is 5.73 Å². The maximum absolute atomic E-state index is 14.2. The van der Waals surface area contributed by atoms with Crippen LogP contribution >= 0.6 is 45.2 Å². The molecule has 0 amide bonds. The van der Waals surface area contributed by atoms with Crippen LogP contribution in [-0.2, 0) is 17.8 Å². The Balaban J connectivity index is 2.35. The number of hydrogen-bond acceptors (Lipinski definition) is 1. The normalized spacial score (nSPS) is 13.8. The van der Waals surface area contributed by atoms with Gasteiger partial charge in [0.15, 0.2) is 0 Å². The number of hydrogen-bond donors (Lipinski definition) is 1. The molecule has 0 fully saturated rings. The van der Waals surface area contributed by atoms with Gasteiger partial charge >= 0.3 is 12.4 Å². The van der Waals surface area contributed by atoms with E-state index in [1.165, 1.54) is 12.1 Å². The van der Waals surface area contributed by atoms with E-state index in [0.29, 0.717) is 7.14 Å². The van der Waals surface area contributed by atoms with Gasteiger partial charge in [-0.1, -0.05) is 51.1 Å². The molecule has 3 aromatic rings. The van der Waals surface area contributed by atoms with Crippen molar-refractivity contribution in [3.05, 3.63) is 89.6 Å². The predicted octanol–water partition coefficient (Wildman–Crippen LogP) is 8.95. The first-order valence-electron chi connectivity index (χ1n) is 10.1. The monoisotopic (exact) mass is 703 g/mol. The van der Waals surface area contributed by atoms with Gasteiger partial charge < -0.3 is 5.73 Å². The molecule has 0 aliphatic carbocycles. The summed E-state index contributed by atoms with van der Waals surface area (Å²) in [6.45, 7) is 5.92. The lowest BCUT2D eigenvalue weighted by molar-refractivity contribution is -0.144. The number of benzene rings is 3. The summed E-state index contributed by atoms with van der Waals surface area (Å²) < 4.78 is 86.1. The molecule has 1 unspecified atom stereocenters. The maximum atomic E-state index is 14.2. The number of nitrogens with two attached hydrogens (primary N) is 1. The minimum atomic E-state index is -5.04. The average Bonchev–Trinajstić information content (AvgIpc) is 2.70. The van der Waals surface area contributed by atoms with Crippen LogP contribution in [0.1, 0.15) is 54.6 Å². The largest absolute Gasteiger partial charge is 0.416 e. The molecule has 9 heteroatoms. The molecule has 3 rings (SSSR count). The second-order valence-electron chi connectivity index (χ2n) is 8.93. The summed E-state index contributed by atoms with van der Waals surface area (Å²) in [5.74, 6) is 0. The van der Waals surface area contributed by atoms with Gasteiger partial charge in [-0.2, -0.15) is 26.3 Å². The zero-order chi connectivity index (χ0) is 25.6. The highest BCUT2D eigenvalue weighted by molar-refractivity contribution is 14.1. The van der Waals surface area contributed by atoms with E-state index in [-0.39, 0.29) is 22.1 Å². The van der Waals surface area contributed by atoms with E-state index in [4.69, 9.17) is 5.73 Å². The van der Waals surface area contributed by atoms with Gasteiger partial charge in [-0.15, -0.1) is 0 Å². The summed E-state index contributed by atoms with van der Waals surface area (Å²) in [6, 6.07) is 11.1. The van der Waals surface area contributed by atoms with Crippen LogP contribution in [0.4, 0.5) is 26.3 Å². The van der Waals surface area contributed by atoms with Gasteiger partial charge in [-0.3, -0.25) is 0 Å². The molecule has 2 N–H and O–H groups in total. The molecule has 0 radical (unpaired) electrons. The van der Waals surface area contributed by atoms with E-state index in [9.17, 15) is 26.3 Å². The molecule has 182 valence electrons. The minimum Gasteiger partial charge on any atom is -0.320 e. The van der Waals surface area contributed by atoms with Crippen molar-refractivity contribution in [2.75, 3.05) is 0 Å². The first-order chi connectivity index (χ1) is 15.5. The molecule has 1 nitrogen and oxygen atoms in total. The molecule has 0 heterocycles. The fourth-order valence-corrected chi connectivity index (χ4v) is 6.15. The SMILES string of the molecule is CC(C)(C)c1cc(I)c(C(N)c2c(C(F)(F)F)cc(-c3ccccc3)cc2C(F)(F)F)c(I)c1. The van der Waals surface area contributed by atoms with Crippen LogP contribution in [0.25, 0.3) is 11.1 Å². The van der Waals surface area contributed by atoms with Gasteiger partial charge in [-0.25, -0.2) is 0 Å². The first kappa shape index (κ1) is 27.3. The molecule has 0 aliphatic heterocycles. The van der Waals surface area contributed by atoms with E-state index in [2.05, 4.69) is 0 Å². The Morgan fingerprint density at radius 1 is 0.676 bits per heavy atom. The Bertz CT molecular complexity index is 1140. The Morgan fingerprint density at radius 2 is 1.12 bits per heavy atom. The second-order valence-corrected chi connectivity index (χ2v) is 11.3. The van der Waals surface area contributed by atoms with Crippen molar-refractivity contribution in [1.82, 2.24) is 0 Å². The number of rotatable bonds is 3. The van der Waals surface area contributed by atoms with Crippen molar-refractivity contribution in [3.63, 3.8) is 0 Å². The van der Waals surface area contributed by atoms with E-state index in [1.807, 2.05) is 66.0 Å². The third-order valence-electron chi connectivity index (χ3n) is 5.47. The van der Waals surface area contributed by atoms with Gasteiger partial charge in [-0.05, 0) is 97.1 Å². The second kappa shape index (κ2) is 9.61. The summed E-state index contributed by atoms with van der Waals surface area (Å²) in [4.78, 5) is 0. The third-order valence-corrected chi connectivity index (χ3v) is 7.25. The Labute approximate surface area is 221 Å². The molecule has 1 atom stereocenters. The van der Waals surface area contributed by atoms with Crippen molar-refractivity contribution in [3.8, 4) is 11.1 Å². The van der Waals surface area contributed by atoms with Crippen LogP contribution in [0.15, 0.2) is 54.6 Å². The van der Waals surface area contributed by atoms with Crippen LogP contribution in [0, 0.1) is 7.14 Å². The van der Waals surface area contributed by atoms with Crippen molar-refractivity contribution >= 4 is 45.2 Å². The number of halogens is 8. The smallest absolute Gasteiger partial charge is 0.320 e. The fourth-order valence-electron chi connectivity index (χ4n) is 3.71. The topological polar surface area (TPSA) is 26.0 Å². The zero-order valence-electron chi connectivity index (χ0n) is 18.4. The summed E-state index contributed by atoms with van der Waals surface area (Å²) in [6.07, 6.45) is -10.1. The average molecular weight is 703 g/mol. The zero-order valence-corrected chi connectivity index (χ0v) is 22.7. The number of alkyl halides is 6. The summed E-state index contributed by atoms with van der Waals surface area (Å²) in [5, 5.41) is 0. The highest BCUT2D eigenvalue weighted by atomic mass is 127. The molecule has 34 heavy (non-hydrogen) atoms. The predicted molar refractivity (Wildman–Crippen MR) is 138 cm³/mol. The lowest BCUT2D eigenvalue weighted by Gasteiger charge is -2.27. The van der Waals surface area contributed by atoms with E-state index in [1.54, 1.807) is 30.3 Å². The summed E-state index contributed by atoms with van der Waals surface area (Å²) >= 11 is 3.86. The van der Waals surface area contributed by atoms with Crippen LogP contribution < -0.4 is 5.73 Å². The minimum absolute atomic E-state index is 0.177. The van der Waals surface area contributed by atoms with E-state index >= 15 is 0 Å². The van der Waals surface area contributed by atoms with Crippen molar-refractivity contribution in [2.45, 2.75) is 44.6 Å². The van der Waals surface area contributed by atoms with Crippen LogP contribution in [0.2, 0.25) is 0 Å². The third kappa shape index (κ3) is 5.72. The molecule has 0 bridgehead atoms. The maximum Gasteiger partial charge on any atom is 0.416 e. The Kier molecular flexibility index (Phi) is 7.70. The Morgan fingerprint density at radius 3 is 1.50 bits per heavy atom. The summed E-state index contributed by atoms with van der Waals surface area (Å²) in [7, 11) is 0. The van der Waals surface area contributed by atoms with Gasteiger partial charge in [0.05, 0.1) is 17.2 Å². The molecule has 0 aliphatic rings. The van der Waals surface area contributed by atoms with Crippen molar-refractivity contribution < 1.29 is 26.3 Å². The summed E-state index contributed by atoms with van der Waals surface area (Å²) in [5.41, 5.74) is 3.46. The molecular weight excluding hydrogens is 682 g/mol. The van der Waals surface area contributed by atoms with Gasteiger partial charge in [0.2, 0.25) is 0 Å². The van der Waals surface area contributed by atoms with Crippen LogP contribution in [0.5, 0.6) is 0 Å². The molecular formula is C25H21F6I2N. The highest BCUT2D eigenvalue weighted by Crippen LogP contribution is 2.46. The van der Waals surface area contributed by atoms with Gasteiger partial charge in [0, 0.05) is 12.7 Å². The van der Waals surface area contributed by atoms with E-state index < -0.39 is 35.1 Å². The van der Waals surface area contributed by atoms with Crippen molar-refractivity contribution in [1.29, 1.82) is 0 Å². The van der Waals surface area contributed by atoms with Crippen LogP contribution in [-0.4, -0.2) is 0 Å². The highest BCUT2D eigenvalue weighted by Gasteiger charge is 2.43. The molecule has 0 saturated carbocycles. The lowest BCUT2D eigenvalue weighted by atomic mass is 9.84. The standard InChI is InChI=1S/C25H21F6I2N/c1-23(2,3)15-11-18(32)21(19(33)12-15)22(34)20-16(24(26,27)28)9-14(10-17(20)25(29,30)31)13-7-5-4-6-8-13/h4-12,22H,34H2,1-3H3. The molecule has 0 spiro atoms. The molecule has 0 aromatic heterocycles. The van der Waals surface area contributed by atoms with E-state index in [0.717, 1.165) is 17.7 Å². The Hall–Kier alpha value is -1.34. The van der Waals surface area contributed by atoms with Gasteiger partial charge in [0.25, 0.3) is 0 Å². The van der Waals surface area contributed by atoms with Gasteiger partial charge in [0.1, 0.15) is 0 Å².